The average molecular weight is 375 g/mol. The minimum atomic E-state index is -4.04. The van der Waals surface area contributed by atoms with Crippen LogP contribution in [0.2, 0.25) is 6.32 Å². The zero-order valence-corrected chi connectivity index (χ0v) is 14.3. The third-order valence-electron chi connectivity index (χ3n) is 4.85. The number of nitriles is 1. The van der Waals surface area contributed by atoms with Gasteiger partial charge in [-0.05, 0) is 12.7 Å². The maximum Gasteiger partial charge on any atom is 0.451 e. The molecule has 11 nitrogen and oxygen atoms in total. The largest absolute Gasteiger partial charge is 0.480 e. The van der Waals surface area contributed by atoms with Crippen molar-refractivity contribution in [2.24, 2.45) is 23.3 Å². The molecule has 1 saturated carbocycles. The Kier molecular flexibility index (Phi) is 5.74. The van der Waals surface area contributed by atoms with Crippen LogP contribution in [0.4, 0.5) is 0 Å². The molecule has 2 aliphatic rings. The molecule has 25 heavy (non-hydrogen) atoms. The van der Waals surface area contributed by atoms with E-state index in [-0.39, 0.29) is 19.3 Å². The van der Waals surface area contributed by atoms with Gasteiger partial charge in [-0.2, -0.15) is 22.7 Å². The number of carbonyl (C=O) groups is 1. The van der Waals surface area contributed by atoms with E-state index >= 15 is 0 Å². The van der Waals surface area contributed by atoms with Crippen LogP contribution in [0.3, 0.4) is 0 Å². The van der Waals surface area contributed by atoms with Gasteiger partial charge in [0, 0.05) is 25.0 Å². The molecule has 0 spiro atoms. The van der Waals surface area contributed by atoms with Gasteiger partial charge in [0.15, 0.2) is 0 Å². The number of nitrogens with zero attached hydrogens (tertiary/aromatic N) is 2. The normalized spacial score (nSPS) is 35.3. The number of carboxylic acids is 1. The van der Waals surface area contributed by atoms with Crippen LogP contribution in [0.1, 0.15) is 12.8 Å². The van der Waals surface area contributed by atoms with Crippen LogP contribution >= 0.6 is 0 Å². The molecular formula is C12H22BN5O6S. The van der Waals surface area contributed by atoms with Crippen molar-refractivity contribution in [3.63, 3.8) is 0 Å². The lowest BCUT2D eigenvalue weighted by Gasteiger charge is -2.25. The zero-order chi connectivity index (χ0) is 19.0. The smallest absolute Gasteiger partial charge is 0.451 e. The summed E-state index contributed by atoms with van der Waals surface area (Å²) in [5.41, 5.74) is 9.79. The Bertz CT molecular complexity index is 669. The Morgan fingerprint density at radius 2 is 2.12 bits per heavy atom. The van der Waals surface area contributed by atoms with Gasteiger partial charge in [-0.1, -0.05) is 6.42 Å². The van der Waals surface area contributed by atoms with Gasteiger partial charge < -0.3 is 26.6 Å². The van der Waals surface area contributed by atoms with E-state index in [0.717, 1.165) is 4.31 Å². The molecule has 0 aromatic carbocycles. The summed E-state index contributed by atoms with van der Waals surface area (Å²) in [4.78, 5) is 11.6. The average Bonchev–Trinajstić information content (AvgIpc) is 2.94. The van der Waals surface area contributed by atoms with Crippen molar-refractivity contribution < 1.29 is 28.4 Å². The summed E-state index contributed by atoms with van der Waals surface area (Å²) in [6, 6.07) is 0.607. The van der Waals surface area contributed by atoms with E-state index in [0.29, 0.717) is 6.42 Å². The fourth-order valence-corrected chi connectivity index (χ4v) is 4.67. The van der Waals surface area contributed by atoms with E-state index in [1.807, 2.05) is 6.07 Å². The van der Waals surface area contributed by atoms with Crippen molar-refractivity contribution in [3.05, 3.63) is 0 Å². The summed E-state index contributed by atoms with van der Waals surface area (Å²) in [5.74, 6) is -2.61. The SMILES string of the molecule is N#CC1[C@H](N)[C@H]1NS(=O)(=O)N1C[C@H](CCCB(O)O)[C@](N)(C(=O)O)C1. The first-order valence-corrected chi connectivity index (χ1v) is 9.28. The number of carboxylic acid groups (broad SMARTS) is 1. The molecule has 0 amide bonds. The van der Waals surface area contributed by atoms with Crippen LogP contribution in [-0.4, -0.2) is 71.7 Å². The van der Waals surface area contributed by atoms with Crippen molar-refractivity contribution >= 4 is 23.3 Å². The number of aliphatic carboxylic acids is 1. The van der Waals surface area contributed by atoms with E-state index in [4.69, 9.17) is 26.8 Å². The quantitative estimate of drug-likeness (QED) is 0.234. The standard InChI is InChI=1S/C12H22BN5O6S/c14-4-8-9(15)10(8)17-25(23,24)18-5-7(2-1-3-13(21)22)12(16,6-18)11(19)20/h7-10,17,21-22H,1-3,5-6,15-16H2,(H,19,20)/t7-,8?,9-,10-,12-/m0/s1. The maximum absolute atomic E-state index is 12.4. The third kappa shape index (κ3) is 4.12. The summed E-state index contributed by atoms with van der Waals surface area (Å²) in [5, 5.41) is 36.0. The van der Waals surface area contributed by atoms with Gasteiger partial charge in [0.25, 0.3) is 10.2 Å². The molecule has 13 heteroatoms. The highest BCUT2D eigenvalue weighted by atomic mass is 32.2. The summed E-state index contributed by atoms with van der Waals surface area (Å²) in [7, 11) is -5.56. The van der Waals surface area contributed by atoms with E-state index in [9.17, 15) is 18.3 Å². The lowest BCUT2D eigenvalue weighted by molar-refractivity contribution is -0.144. The number of hydrogen-bond acceptors (Lipinski definition) is 8. The van der Waals surface area contributed by atoms with E-state index in [1.165, 1.54) is 0 Å². The summed E-state index contributed by atoms with van der Waals surface area (Å²) in [6.45, 7) is -0.526. The van der Waals surface area contributed by atoms with Crippen molar-refractivity contribution in [2.75, 3.05) is 13.1 Å². The highest BCUT2D eigenvalue weighted by Gasteiger charge is 2.55. The Hall–Kier alpha value is -1.27. The van der Waals surface area contributed by atoms with Crippen LogP contribution in [0.5, 0.6) is 0 Å². The molecular weight excluding hydrogens is 353 g/mol. The molecule has 1 aliphatic carbocycles. The van der Waals surface area contributed by atoms with Crippen LogP contribution in [-0.2, 0) is 15.0 Å². The minimum Gasteiger partial charge on any atom is -0.480 e. The molecule has 0 aromatic heterocycles. The van der Waals surface area contributed by atoms with Gasteiger partial charge in [0.1, 0.15) is 5.54 Å². The molecule has 0 radical (unpaired) electrons. The highest BCUT2D eigenvalue weighted by Crippen LogP contribution is 2.34. The number of rotatable bonds is 8. The molecule has 5 atom stereocenters. The monoisotopic (exact) mass is 375 g/mol. The molecule has 1 unspecified atom stereocenters. The zero-order valence-electron chi connectivity index (χ0n) is 13.4. The summed E-state index contributed by atoms with van der Waals surface area (Å²) in [6.07, 6.45) is 0.564. The molecule has 8 N–H and O–H groups in total. The predicted octanol–water partition coefficient (Wildman–Crippen LogP) is -3.36. The van der Waals surface area contributed by atoms with Crippen LogP contribution in [0.15, 0.2) is 0 Å². The highest BCUT2D eigenvalue weighted by molar-refractivity contribution is 7.87. The molecule has 2 rings (SSSR count). The van der Waals surface area contributed by atoms with Crippen LogP contribution in [0.25, 0.3) is 0 Å². The molecule has 1 heterocycles. The second kappa shape index (κ2) is 7.16. The Balaban J connectivity index is 2.07. The Morgan fingerprint density at radius 3 is 2.60 bits per heavy atom. The number of nitrogens with one attached hydrogen (secondary N) is 1. The minimum absolute atomic E-state index is 0.0397. The van der Waals surface area contributed by atoms with E-state index in [1.54, 1.807) is 0 Å². The van der Waals surface area contributed by atoms with Gasteiger partial charge in [0.05, 0.1) is 18.0 Å². The van der Waals surface area contributed by atoms with Gasteiger partial charge >= 0.3 is 13.1 Å². The number of hydrogen-bond donors (Lipinski definition) is 6. The molecule has 1 aliphatic heterocycles. The van der Waals surface area contributed by atoms with E-state index in [2.05, 4.69) is 4.72 Å². The molecule has 0 aromatic rings. The Labute approximate surface area is 145 Å². The fourth-order valence-electron chi connectivity index (χ4n) is 3.11. The predicted molar refractivity (Wildman–Crippen MR) is 86.8 cm³/mol. The van der Waals surface area contributed by atoms with Crippen molar-refractivity contribution in [1.29, 1.82) is 5.26 Å². The second-order valence-corrected chi connectivity index (χ2v) is 8.33. The number of nitrogens with two attached hydrogens (primary N) is 2. The lowest BCUT2D eigenvalue weighted by Crippen LogP contribution is -2.55. The lowest BCUT2D eigenvalue weighted by atomic mass is 9.78. The molecule has 1 saturated heterocycles. The Morgan fingerprint density at radius 1 is 1.48 bits per heavy atom. The van der Waals surface area contributed by atoms with Crippen LogP contribution < -0.4 is 16.2 Å². The molecule has 2 fully saturated rings. The third-order valence-corrected chi connectivity index (χ3v) is 6.38. The van der Waals surface area contributed by atoms with Gasteiger partial charge in [-0.25, -0.2) is 0 Å². The molecule has 140 valence electrons. The first-order chi connectivity index (χ1) is 11.5. The summed E-state index contributed by atoms with van der Waals surface area (Å²) < 4.78 is 28.2. The molecule has 0 bridgehead atoms. The summed E-state index contributed by atoms with van der Waals surface area (Å²) >= 11 is 0. The maximum atomic E-state index is 12.4. The van der Waals surface area contributed by atoms with Crippen molar-refractivity contribution in [3.8, 4) is 6.07 Å². The van der Waals surface area contributed by atoms with Crippen LogP contribution in [0, 0.1) is 23.2 Å². The van der Waals surface area contributed by atoms with Gasteiger partial charge in [-0.15, -0.1) is 0 Å². The first-order valence-electron chi connectivity index (χ1n) is 7.84. The second-order valence-electron chi connectivity index (χ2n) is 6.63. The first kappa shape index (κ1) is 20.1. The van der Waals surface area contributed by atoms with Gasteiger partial charge in [0.2, 0.25) is 0 Å². The van der Waals surface area contributed by atoms with E-state index < -0.39 is 59.3 Å². The van der Waals surface area contributed by atoms with Crippen molar-refractivity contribution in [2.45, 2.75) is 36.8 Å². The van der Waals surface area contributed by atoms with Gasteiger partial charge in [-0.3, -0.25) is 4.79 Å². The topological polar surface area (TPSA) is 203 Å². The van der Waals surface area contributed by atoms with Crippen molar-refractivity contribution in [1.82, 2.24) is 9.03 Å². The fraction of sp³-hybridized carbons (Fsp3) is 0.833.